The van der Waals surface area contributed by atoms with Gasteiger partial charge in [0.1, 0.15) is 10.1 Å². The molecular formula is C23H21N3O2S2. The molecule has 5 nitrogen and oxygen atoms in total. The van der Waals surface area contributed by atoms with Gasteiger partial charge in [-0.2, -0.15) is 0 Å². The van der Waals surface area contributed by atoms with Crippen LogP contribution in [0.5, 0.6) is 0 Å². The summed E-state index contributed by atoms with van der Waals surface area (Å²) in [7, 11) is 5.19. The van der Waals surface area contributed by atoms with Crippen LogP contribution in [0.3, 0.4) is 0 Å². The average molecular weight is 436 g/mol. The second-order valence-corrected chi connectivity index (χ2v) is 9.03. The van der Waals surface area contributed by atoms with Crippen LogP contribution in [0.2, 0.25) is 0 Å². The van der Waals surface area contributed by atoms with Gasteiger partial charge in [-0.1, -0.05) is 72.4 Å². The Morgan fingerprint density at radius 1 is 1.07 bits per heavy atom. The van der Waals surface area contributed by atoms with E-state index in [2.05, 4.69) is 0 Å². The molecule has 0 bridgehead atoms. The highest BCUT2D eigenvalue weighted by Crippen LogP contribution is 2.37. The van der Waals surface area contributed by atoms with Crippen molar-refractivity contribution in [1.29, 1.82) is 0 Å². The molecule has 7 heteroatoms. The average Bonchev–Trinajstić information content (AvgIpc) is 3.20. The Kier molecular flexibility index (Phi) is 5.74. The molecule has 0 radical (unpaired) electrons. The van der Waals surface area contributed by atoms with Crippen molar-refractivity contribution < 1.29 is 4.79 Å². The molecule has 0 saturated carbocycles. The lowest BCUT2D eigenvalue weighted by Crippen LogP contribution is -2.28. The molecule has 0 aliphatic heterocycles. The third kappa shape index (κ3) is 3.78. The molecule has 2 aromatic heterocycles. The monoisotopic (exact) mass is 435 g/mol. The van der Waals surface area contributed by atoms with Crippen LogP contribution in [0.4, 0.5) is 0 Å². The maximum absolute atomic E-state index is 13.2. The van der Waals surface area contributed by atoms with E-state index in [0.29, 0.717) is 15.4 Å². The molecule has 2 aromatic carbocycles. The van der Waals surface area contributed by atoms with Gasteiger partial charge in [0.2, 0.25) is 5.91 Å². The number of likely N-dealkylation sites (N-methyl/N-ethyl adjacent to an activating group) is 1. The molecule has 30 heavy (non-hydrogen) atoms. The van der Waals surface area contributed by atoms with Crippen molar-refractivity contribution >= 4 is 39.2 Å². The number of nitrogens with zero attached hydrogens (tertiary/aromatic N) is 3. The second kappa shape index (κ2) is 8.45. The van der Waals surface area contributed by atoms with E-state index in [0.717, 1.165) is 16.7 Å². The van der Waals surface area contributed by atoms with Crippen molar-refractivity contribution in [2.24, 2.45) is 7.05 Å². The number of carbonyl (C=O) groups excluding carboxylic acids is 1. The molecule has 4 aromatic rings. The van der Waals surface area contributed by atoms with Gasteiger partial charge in [-0.05, 0) is 11.1 Å². The quantitative estimate of drug-likeness (QED) is 0.340. The predicted molar refractivity (Wildman–Crippen MR) is 124 cm³/mol. The fraction of sp³-hybridized carbons (Fsp3) is 0.174. The molecule has 1 unspecified atom stereocenters. The third-order valence-electron chi connectivity index (χ3n) is 4.85. The van der Waals surface area contributed by atoms with Gasteiger partial charge in [0, 0.05) is 32.1 Å². The van der Waals surface area contributed by atoms with Crippen LogP contribution < -0.4 is 5.56 Å². The van der Waals surface area contributed by atoms with E-state index in [1.54, 1.807) is 30.6 Å². The van der Waals surface area contributed by atoms with Crippen LogP contribution in [-0.4, -0.2) is 34.5 Å². The van der Waals surface area contributed by atoms with Crippen molar-refractivity contribution in [2.45, 2.75) is 10.4 Å². The predicted octanol–water partition coefficient (Wildman–Crippen LogP) is 4.58. The summed E-state index contributed by atoms with van der Waals surface area (Å²) in [5.41, 5.74) is 2.66. The van der Waals surface area contributed by atoms with E-state index in [1.165, 1.54) is 23.1 Å². The Morgan fingerprint density at radius 2 is 1.70 bits per heavy atom. The van der Waals surface area contributed by atoms with Gasteiger partial charge in [-0.15, -0.1) is 11.3 Å². The first-order valence-corrected chi connectivity index (χ1v) is 11.2. The lowest BCUT2D eigenvalue weighted by Gasteiger charge is -2.21. The number of fused-ring (bicyclic) bond motifs is 1. The summed E-state index contributed by atoms with van der Waals surface area (Å²) in [6.07, 6.45) is 0. The molecule has 1 atom stereocenters. The number of thiophene rings is 1. The van der Waals surface area contributed by atoms with Gasteiger partial charge < -0.3 is 4.90 Å². The number of hydrogen-bond acceptors (Lipinski definition) is 5. The molecule has 0 fully saturated rings. The lowest BCUT2D eigenvalue weighted by molar-refractivity contribution is -0.128. The number of thioether (sulfide) groups is 1. The highest BCUT2D eigenvalue weighted by Gasteiger charge is 2.26. The number of hydrogen-bond donors (Lipinski definition) is 0. The molecule has 1 amide bonds. The van der Waals surface area contributed by atoms with E-state index in [-0.39, 0.29) is 11.5 Å². The van der Waals surface area contributed by atoms with Gasteiger partial charge >= 0.3 is 0 Å². The first-order valence-electron chi connectivity index (χ1n) is 9.43. The van der Waals surface area contributed by atoms with Crippen LogP contribution in [0.1, 0.15) is 10.8 Å². The Bertz CT molecular complexity index is 1250. The van der Waals surface area contributed by atoms with E-state index in [4.69, 9.17) is 4.98 Å². The van der Waals surface area contributed by atoms with Gasteiger partial charge in [0.15, 0.2) is 5.16 Å². The molecular weight excluding hydrogens is 414 g/mol. The third-order valence-corrected chi connectivity index (χ3v) is 7.01. The number of benzene rings is 2. The maximum atomic E-state index is 13.2. The fourth-order valence-electron chi connectivity index (χ4n) is 3.22. The lowest BCUT2D eigenvalue weighted by atomic mass is 10.1. The minimum Gasteiger partial charge on any atom is -0.348 e. The molecule has 0 spiro atoms. The summed E-state index contributed by atoms with van der Waals surface area (Å²) in [5.74, 6) is -0.0447. The van der Waals surface area contributed by atoms with Gasteiger partial charge in [-0.3, -0.25) is 14.2 Å². The number of aromatic nitrogens is 2. The SMILES string of the molecule is CN(C)C(=O)C(Sc1nc2scc(-c3ccccc3)c2c(=O)n1C)c1ccccc1. The van der Waals surface area contributed by atoms with E-state index < -0.39 is 5.25 Å². The molecule has 0 saturated heterocycles. The summed E-state index contributed by atoms with van der Waals surface area (Å²) in [5, 5.41) is 2.64. The Hall–Kier alpha value is -2.90. The Morgan fingerprint density at radius 3 is 2.33 bits per heavy atom. The number of carbonyl (C=O) groups is 1. The van der Waals surface area contributed by atoms with Crippen molar-refractivity contribution in [2.75, 3.05) is 14.1 Å². The standard InChI is InChI=1S/C23H21N3O2S2/c1-25(2)22(28)19(16-12-8-5-9-13-16)30-23-24-20-18(21(27)26(23)3)17(14-29-20)15-10-6-4-7-11-15/h4-14,19H,1-3H3. The fourth-order valence-corrected chi connectivity index (χ4v) is 5.41. The zero-order valence-electron chi connectivity index (χ0n) is 16.9. The highest BCUT2D eigenvalue weighted by atomic mass is 32.2. The van der Waals surface area contributed by atoms with Crippen molar-refractivity contribution in [3.63, 3.8) is 0 Å². The summed E-state index contributed by atoms with van der Waals surface area (Å²) >= 11 is 2.76. The Labute approximate surface area is 183 Å². The smallest absolute Gasteiger partial charge is 0.263 e. The van der Waals surface area contributed by atoms with E-state index in [9.17, 15) is 9.59 Å². The first-order chi connectivity index (χ1) is 14.5. The van der Waals surface area contributed by atoms with Crippen LogP contribution in [0.25, 0.3) is 21.3 Å². The summed E-state index contributed by atoms with van der Waals surface area (Å²) in [6, 6.07) is 19.4. The minimum atomic E-state index is -0.481. The normalized spacial score (nSPS) is 12.1. The van der Waals surface area contributed by atoms with Crippen LogP contribution in [0.15, 0.2) is 76.0 Å². The molecule has 0 aliphatic rings. The van der Waals surface area contributed by atoms with Crippen LogP contribution in [0, 0.1) is 0 Å². The van der Waals surface area contributed by atoms with Crippen LogP contribution >= 0.6 is 23.1 Å². The maximum Gasteiger partial charge on any atom is 0.263 e. The molecule has 0 aliphatic carbocycles. The van der Waals surface area contributed by atoms with Gasteiger partial charge in [-0.25, -0.2) is 4.98 Å². The Balaban J connectivity index is 1.80. The number of amides is 1. The molecule has 4 rings (SSSR count). The van der Waals surface area contributed by atoms with Crippen LogP contribution in [-0.2, 0) is 11.8 Å². The first kappa shape index (κ1) is 20.4. The van der Waals surface area contributed by atoms with Crippen molar-refractivity contribution in [1.82, 2.24) is 14.5 Å². The van der Waals surface area contributed by atoms with Gasteiger partial charge in [0.05, 0.1) is 5.39 Å². The second-order valence-electron chi connectivity index (χ2n) is 7.10. The minimum absolute atomic E-state index is 0.0447. The zero-order chi connectivity index (χ0) is 21.3. The summed E-state index contributed by atoms with van der Waals surface area (Å²) in [6.45, 7) is 0. The molecule has 2 heterocycles. The molecule has 0 N–H and O–H groups in total. The van der Waals surface area contributed by atoms with E-state index in [1.807, 2.05) is 66.0 Å². The van der Waals surface area contributed by atoms with Gasteiger partial charge in [0.25, 0.3) is 5.56 Å². The van der Waals surface area contributed by atoms with E-state index >= 15 is 0 Å². The topological polar surface area (TPSA) is 55.2 Å². The molecule has 152 valence electrons. The van der Waals surface area contributed by atoms with Crippen molar-refractivity contribution in [3.05, 3.63) is 82.0 Å². The number of rotatable bonds is 5. The van der Waals surface area contributed by atoms with Crippen molar-refractivity contribution in [3.8, 4) is 11.1 Å². The summed E-state index contributed by atoms with van der Waals surface area (Å²) in [4.78, 5) is 33.2. The summed E-state index contributed by atoms with van der Waals surface area (Å²) < 4.78 is 1.55. The zero-order valence-corrected chi connectivity index (χ0v) is 18.5. The largest absolute Gasteiger partial charge is 0.348 e. The highest BCUT2D eigenvalue weighted by molar-refractivity contribution is 8.00.